The zero-order valence-electron chi connectivity index (χ0n) is 11.6. The summed E-state index contributed by atoms with van der Waals surface area (Å²) in [4.78, 5) is 0. The Balaban J connectivity index is 2.00. The number of nitrogens with one attached hydrogen (secondary N) is 1. The minimum Gasteiger partial charge on any atom is -0.486 e. The van der Waals surface area contributed by atoms with Crippen LogP contribution in [0.3, 0.4) is 0 Å². The molecule has 0 spiro atoms. The highest BCUT2D eigenvalue weighted by Gasteiger charge is 2.18. The number of benzene rings is 1. The van der Waals surface area contributed by atoms with E-state index >= 15 is 0 Å². The van der Waals surface area contributed by atoms with E-state index in [4.69, 9.17) is 18.9 Å². The summed E-state index contributed by atoms with van der Waals surface area (Å²) < 4.78 is 21.7. The highest BCUT2D eigenvalue weighted by molar-refractivity contribution is 5.47. The van der Waals surface area contributed by atoms with E-state index in [1.807, 2.05) is 25.1 Å². The second kappa shape index (κ2) is 6.75. The molecule has 1 aliphatic rings. The number of hydrogen-bond donors (Lipinski definition) is 1. The van der Waals surface area contributed by atoms with Crippen molar-refractivity contribution in [1.29, 1.82) is 0 Å². The lowest BCUT2D eigenvalue weighted by atomic mass is 10.1. The molecule has 1 unspecified atom stereocenters. The van der Waals surface area contributed by atoms with Crippen LogP contribution < -0.4 is 14.8 Å². The molecule has 0 amide bonds. The van der Waals surface area contributed by atoms with Crippen LogP contribution in [-0.4, -0.2) is 39.8 Å². The third-order valence-corrected chi connectivity index (χ3v) is 3.14. The average molecular weight is 267 g/mol. The average Bonchev–Trinajstić information content (AvgIpc) is 2.46. The Morgan fingerprint density at radius 1 is 1.21 bits per heavy atom. The molecule has 1 atom stereocenters. The molecule has 106 valence electrons. The fraction of sp³-hybridized carbons (Fsp3) is 0.571. The molecule has 0 fully saturated rings. The fourth-order valence-electron chi connectivity index (χ4n) is 2.14. The summed E-state index contributed by atoms with van der Waals surface area (Å²) in [5.41, 5.74) is 1.08. The molecular formula is C14H21NO4. The van der Waals surface area contributed by atoms with Gasteiger partial charge in [0.2, 0.25) is 0 Å². The topological polar surface area (TPSA) is 49.0 Å². The summed E-state index contributed by atoms with van der Waals surface area (Å²) in [5.74, 6) is 1.65. The number of methoxy groups -OCH3 is 2. The zero-order chi connectivity index (χ0) is 13.7. The van der Waals surface area contributed by atoms with Gasteiger partial charge in [-0.3, -0.25) is 0 Å². The molecule has 5 nitrogen and oxygen atoms in total. The third kappa shape index (κ3) is 3.37. The first-order chi connectivity index (χ1) is 9.26. The first-order valence-corrected chi connectivity index (χ1v) is 6.42. The molecule has 1 aliphatic heterocycles. The lowest BCUT2D eigenvalue weighted by molar-refractivity contribution is -0.119. The summed E-state index contributed by atoms with van der Waals surface area (Å²) in [5, 5.41) is 3.37. The lowest BCUT2D eigenvalue weighted by Crippen LogP contribution is -2.39. The van der Waals surface area contributed by atoms with E-state index in [1.54, 1.807) is 14.2 Å². The van der Waals surface area contributed by atoms with E-state index in [0.717, 1.165) is 17.1 Å². The Morgan fingerprint density at radius 2 is 1.95 bits per heavy atom. The van der Waals surface area contributed by atoms with Gasteiger partial charge in [-0.05, 0) is 13.0 Å². The van der Waals surface area contributed by atoms with Crippen molar-refractivity contribution in [1.82, 2.24) is 5.32 Å². The Hall–Kier alpha value is -1.30. The molecule has 0 radical (unpaired) electrons. The Morgan fingerprint density at radius 3 is 2.68 bits per heavy atom. The van der Waals surface area contributed by atoms with Gasteiger partial charge in [0.25, 0.3) is 0 Å². The summed E-state index contributed by atoms with van der Waals surface area (Å²) in [6.07, 6.45) is -0.267. The van der Waals surface area contributed by atoms with Crippen molar-refractivity contribution in [3.63, 3.8) is 0 Å². The van der Waals surface area contributed by atoms with Crippen LogP contribution in [0.2, 0.25) is 0 Å². The van der Waals surface area contributed by atoms with Crippen LogP contribution in [0.1, 0.15) is 12.5 Å². The van der Waals surface area contributed by atoms with Crippen LogP contribution in [0.5, 0.6) is 11.5 Å². The van der Waals surface area contributed by atoms with Gasteiger partial charge in [0, 0.05) is 26.3 Å². The minimum atomic E-state index is -0.267. The predicted molar refractivity (Wildman–Crippen MR) is 71.5 cm³/mol. The van der Waals surface area contributed by atoms with Crippen LogP contribution in [0.25, 0.3) is 0 Å². The molecule has 1 aromatic rings. The van der Waals surface area contributed by atoms with Crippen molar-refractivity contribution in [2.75, 3.05) is 27.4 Å². The van der Waals surface area contributed by atoms with Gasteiger partial charge in [0.05, 0.1) is 6.04 Å². The van der Waals surface area contributed by atoms with Crippen LogP contribution >= 0.6 is 0 Å². The van der Waals surface area contributed by atoms with Crippen molar-refractivity contribution < 1.29 is 18.9 Å². The van der Waals surface area contributed by atoms with Gasteiger partial charge in [-0.25, -0.2) is 0 Å². The monoisotopic (exact) mass is 267 g/mol. The van der Waals surface area contributed by atoms with Crippen molar-refractivity contribution in [2.45, 2.75) is 25.8 Å². The SMILES string of the molecule is COC(OC)C(C)NCc1cccc2c1OCCO2. The lowest BCUT2D eigenvalue weighted by Gasteiger charge is -2.24. The second-order valence-electron chi connectivity index (χ2n) is 4.45. The normalized spacial score (nSPS) is 15.6. The molecule has 1 heterocycles. The van der Waals surface area contributed by atoms with Crippen molar-refractivity contribution in [2.24, 2.45) is 0 Å². The highest BCUT2D eigenvalue weighted by Crippen LogP contribution is 2.33. The Labute approximate surface area is 113 Å². The van der Waals surface area contributed by atoms with E-state index < -0.39 is 0 Å². The van der Waals surface area contributed by atoms with Crippen LogP contribution in [0.15, 0.2) is 18.2 Å². The maximum atomic E-state index is 5.67. The van der Waals surface area contributed by atoms with Crippen LogP contribution in [0, 0.1) is 0 Å². The van der Waals surface area contributed by atoms with Gasteiger partial charge in [-0.15, -0.1) is 0 Å². The van der Waals surface area contributed by atoms with Crippen LogP contribution in [0.4, 0.5) is 0 Å². The molecule has 19 heavy (non-hydrogen) atoms. The van der Waals surface area contributed by atoms with Crippen molar-refractivity contribution in [3.05, 3.63) is 23.8 Å². The highest BCUT2D eigenvalue weighted by atomic mass is 16.7. The van der Waals surface area contributed by atoms with Crippen molar-refractivity contribution in [3.8, 4) is 11.5 Å². The standard InChI is InChI=1S/C14H21NO4/c1-10(14(16-2)17-3)15-9-11-5-4-6-12-13(11)19-8-7-18-12/h4-6,10,14-15H,7-9H2,1-3H3. The summed E-state index contributed by atoms with van der Waals surface area (Å²) in [6, 6.07) is 6.01. The van der Waals surface area contributed by atoms with Gasteiger partial charge < -0.3 is 24.3 Å². The molecule has 2 rings (SSSR count). The number of rotatable bonds is 6. The summed E-state index contributed by atoms with van der Waals surface area (Å²) in [6.45, 7) is 3.90. The number of ether oxygens (including phenoxy) is 4. The van der Waals surface area contributed by atoms with E-state index in [9.17, 15) is 0 Å². The first-order valence-electron chi connectivity index (χ1n) is 6.42. The van der Waals surface area contributed by atoms with Gasteiger partial charge in [0.15, 0.2) is 17.8 Å². The van der Waals surface area contributed by atoms with Gasteiger partial charge >= 0.3 is 0 Å². The molecule has 1 N–H and O–H groups in total. The minimum absolute atomic E-state index is 0.0790. The Kier molecular flexibility index (Phi) is 5.01. The smallest absolute Gasteiger partial charge is 0.171 e. The Bertz CT molecular complexity index is 406. The van der Waals surface area contributed by atoms with Gasteiger partial charge in [-0.2, -0.15) is 0 Å². The largest absolute Gasteiger partial charge is 0.486 e. The maximum absolute atomic E-state index is 5.67. The van der Waals surface area contributed by atoms with Crippen LogP contribution in [-0.2, 0) is 16.0 Å². The third-order valence-electron chi connectivity index (χ3n) is 3.14. The van der Waals surface area contributed by atoms with Crippen molar-refractivity contribution >= 4 is 0 Å². The second-order valence-corrected chi connectivity index (χ2v) is 4.45. The molecular weight excluding hydrogens is 246 g/mol. The van der Waals surface area contributed by atoms with Gasteiger partial charge in [-0.1, -0.05) is 12.1 Å². The van der Waals surface area contributed by atoms with Gasteiger partial charge in [0.1, 0.15) is 13.2 Å². The van der Waals surface area contributed by atoms with E-state index in [0.29, 0.717) is 19.8 Å². The molecule has 0 aromatic heterocycles. The molecule has 1 aromatic carbocycles. The van der Waals surface area contributed by atoms with E-state index in [2.05, 4.69) is 5.32 Å². The number of hydrogen-bond acceptors (Lipinski definition) is 5. The fourth-order valence-corrected chi connectivity index (χ4v) is 2.14. The molecule has 0 saturated carbocycles. The molecule has 0 aliphatic carbocycles. The summed E-state index contributed by atoms with van der Waals surface area (Å²) >= 11 is 0. The summed E-state index contributed by atoms with van der Waals surface area (Å²) in [7, 11) is 3.27. The zero-order valence-corrected chi connectivity index (χ0v) is 11.6. The first kappa shape index (κ1) is 14.1. The van der Waals surface area contributed by atoms with E-state index in [-0.39, 0.29) is 12.3 Å². The number of fused-ring (bicyclic) bond motifs is 1. The quantitative estimate of drug-likeness (QED) is 0.793. The number of para-hydroxylation sites is 1. The molecule has 5 heteroatoms. The molecule has 0 saturated heterocycles. The predicted octanol–water partition coefficient (Wildman–Crippen LogP) is 1.55. The molecule has 0 bridgehead atoms. The van der Waals surface area contributed by atoms with E-state index in [1.165, 1.54) is 0 Å². The maximum Gasteiger partial charge on any atom is 0.171 e.